The molecule has 0 saturated carbocycles. The van der Waals surface area contributed by atoms with Crippen LogP contribution in [-0.4, -0.2) is 16.2 Å². The highest BCUT2D eigenvalue weighted by atomic mass is 16.5. The van der Waals surface area contributed by atoms with Gasteiger partial charge in [-0.2, -0.15) is 0 Å². The number of hydrogen-bond donors (Lipinski definition) is 0. The van der Waals surface area contributed by atoms with Crippen molar-refractivity contribution < 1.29 is 4.74 Å². The van der Waals surface area contributed by atoms with E-state index in [1.165, 1.54) is 77.9 Å². The van der Waals surface area contributed by atoms with Crippen LogP contribution in [0.5, 0.6) is 11.5 Å². The third-order valence-electron chi connectivity index (χ3n) is 15.6. The largest absolute Gasteiger partial charge is 0.457 e. The SMILES string of the molecule is CC(C)c1cccc(C(C)C)c1-c1ccc2c(c1)N(c1cccc(Oc3ccc4c5cc(C(C)(C)C)ccc5n(-c5cc(C(C)(C)C)ccn5)c4c3)c1)CN2c1cc(C(C)(C)C)cc(C(C)(C)c2ccccc2)c1. The molecule has 0 N–H and O–H groups in total. The molecule has 0 spiro atoms. The highest BCUT2D eigenvalue weighted by Crippen LogP contribution is 2.50. The number of rotatable bonds is 10. The van der Waals surface area contributed by atoms with E-state index >= 15 is 0 Å². The Balaban J connectivity index is 1.10. The van der Waals surface area contributed by atoms with Gasteiger partial charge in [-0.1, -0.05) is 177 Å². The summed E-state index contributed by atoms with van der Waals surface area (Å²) in [5, 5.41) is 2.38. The lowest BCUT2D eigenvalue weighted by Crippen LogP contribution is -2.26. The fourth-order valence-corrected chi connectivity index (χ4v) is 11.0. The van der Waals surface area contributed by atoms with Crippen LogP contribution in [0.15, 0.2) is 164 Å². The summed E-state index contributed by atoms with van der Waals surface area (Å²) in [6.07, 6.45) is 1.95. The van der Waals surface area contributed by atoms with Gasteiger partial charge in [0.05, 0.1) is 22.4 Å². The lowest BCUT2D eigenvalue weighted by molar-refractivity contribution is 0.483. The maximum Gasteiger partial charge on any atom is 0.137 e. The zero-order valence-electron chi connectivity index (χ0n) is 46.6. The number of fused-ring (bicyclic) bond motifs is 4. The van der Waals surface area contributed by atoms with Gasteiger partial charge in [0.15, 0.2) is 0 Å². The molecule has 5 nitrogen and oxygen atoms in total. The Labute approximate surface area is 441 Å². The van der Waals surface area contributed by atoms with Crippen LogP contribution < -0.4 is 14.5 Å². The standard InChI is InChI=1S/C69H76N4O/c1-44(2)56-25-20-26-57(45(3)4)65(56)46-27-31-61-63(35-46)71(43-72(61)53-37-50(68(11,12)13)36-51(38-53)69(14,15)47-21-17-16-18-22-47)52-23-19-24-54(41-52)74-55-29-30-58-59-39-48(66(5,6)7)28-32-60(59)73(62(58)42-55)64-40-49(33-34-70-64)67(8,9)10/h16-42,44-45H,43H2,1-15H3. The third kappa shape index (κ3) is 9.40. The molecule has 0 saturated heterocycles. The summed E-state index contributed by atoms with van der Waals surface area (Å²) < 4.78 is 9.29. The first kappa shape index (κ1) is 50.4. The van der Waals surface area contributed by atoms with Crippen molar-refractivity contribution in [3.63, 3.8) is 0 Å². The molecule has 0 atom stereocenters. The van der Waals surface area contributed by atoms with E-state index in [1.807, 2.05) is 6.20 Å². The van der Waals surface area contributed by atoms with Gasteiger partial charge in [0.1, 0.15) is 24.0 Å². The van der Waals surface area contributed by atoms with Crippen molar-refractivity contribution in [1.29, 1.82) is 0 Å². The smallest absolute Gasteiger partial charge is 0.137 e. The van der Waals surface area contributed by atoms with Gasteiger partial charge in [-0.3, -0.25) is 4.57 Å². The van der Waals surface area contributed by atoms with E-state index in [9.17, 15) is 0 Å². The second-order valence-corrected chi connectivity index (χ2v) is 25.1. The van der Waals surface area contributed by atoms with E-state index in [0.29, 0.717) is 18.5 Å². The van der Waals surface area contributed by atoms with E-state index in [1.54, 1.807) is 0 Å². The maximum absolute atomic E-state index is 6.98. The molecule has 5 heteroatoms. The Morgan fingerprint density at radius 2 is 1.08 bits per heavy atom. The fourth-order valence-electron chi connectivity index (χ4n) is 11.0. The Morgan fingerprint density at radius 3 is 1.76 bits per heavy atom. The van der Waals surface area contributed by atoms with Gasteiger partial charge in [0.25, 0.3) is 0 Å². The summed E-state index contributed by atoms with van der Waals surface area (Å²) in [5.74, 6) is 3.19. The summed E-state index contributed by atoms with van der Waals surface area (Å²) in [5.41, 5.74) is 18.3. The lowest BCUT2D eigenvalue weighted by atomic mass is 9.75. The minimum atomic E-state index is -0.220. The van der Waals surface area contributed by atoms with Gasteiger partial charge in [0, 0.05) is 45.9 Å². The first-order chi connectivity index (χ1) is 35.0. The van der Waals surface area contributed by atoms with Crippen molar-refractivity contribution in [3.8, 4) is 28.4 Å². The Morgan fingerprint density at radius 1 is 0.446 bits per heavy atom. The molecule has 2 aromatic heterocycles. The predicted molar refractivity (Wildman–Crippen MR) is 315 cm³/mol. The molecule has 74 heavy (non-hydrogen) atoms. The van der Waals surface area contributed by atoms with Crippen LogP contribution in [-0.2, 0) is 21.7 Å². The highest BCUT2D eigenvalue weighted by Gasteiger charge is 2.33. The number of benzene rings is 7. The molecule has 1 aliphatic heterocycles. The molecule has 0 aliphatic carbocycles. The Hall–Kier alpha value is -7.11. The molecule has 0 unspecified atom stereocenters. The molecule has 0 amide bonds. The third-order valence-corrected chi connectivity index (χ3v) is 15.6. The van der Waals surface area contributed by atoms with E-state index in [2.05, 4.69) is 276 Å². The average Bonchev–Trinajstić information content (AvgIpc) is 3.91. The van der Waals surface area contributed by atoms with Gasteiger partial charge in [-0.05, 0) is 151 Å². The van der Waals surface area contributed by atoms with Gasteiger partial charge in [-0.25, -0.2) is 4.98 Å². The Bertz CT molecular complexity index is 3530. The van der Waals surface area contributed by atoms with E-state index in [0.717, 1.165) is 34.0 Å². The van der Waals surface area contributed by atoms with Gasteiger partial charge in [-0.15, -0.1) is 0 Å². The minimum Gasteiger partial charge on any atom is -0.457 e. The van der Waals surface area contributed by atoms with Crippen molar-refractivity contribution in [2.24, 2.45) is 0 Å². The molecule has 0 radical (unpaired) electrons. The number of anilines is 4. The van der Waals surface area contributed by atoms with Crippen LogP contribution in [0, 0.1) is 0 Å². The summed E-state index contributed by atoms with van der Waals surface area (Å²) >= 11 is 0. The predicted octanol–water partition coefficient (Wildman–Crippen LogP) is 19.4. The highest BCUT2D eigenvalue weighted by molar-refractivity contribution is 6.10. The van der Waals surface area contributed by atoms with E-state index in [-0.39, 0.29) is 21.7 Å². The van der Waals surface area contributed by atoms with Crippen molar-refractivity contribution in [1.82, 2.24) is 9.55 Å². The molecule has 3 heterocycles. The molecular weight excluding hydrogens is 901 g/mol. The van der Waals surface area contributed by atoms with Crippen LogP contribution in [0.1, 0.15) is 155 Å². The summed E-state index contributed by atoms with van der Waals surface area (Å²) in [6, 6.07) is 58.7. The lowest BCUT2D eigenvalue weighted by Gasteiger charge is -2.31. The first-order valence-corrected chi connectivity index (χ1v) is 26.8. The molecule has 7 aromatic carbocycles. The molecule has 10 rings (SSSR count). The maximum atomic E-state index is 6.98. The number of ether oxygens (including phenoxy) is 1. The summed E-state index contributed by atoms with van der Waals surface area (Å²) in [4.78, 5) is 9.99. The summed E-state index contributed by atoms with van der Waals surface area (Å²) in [7, 11) is 0. The van der Waals surface area contributed by atoms with Gasteiger partial charge < -0.3 is 14.5 Å². The monoisotopic (exact) mass is 977 g/mol. The second kappa shape index (κ2) is 18.7. The summed E-state index contributed by atoms with van der Waals surface area (Å²) in [6.45, 7) is 35.2. The fraction of sp³-hybridized carbons (Fsp3) is 0.319. The quantitative estimate of drug-likeness (QED) is 0.137. The number of hydrogen-bond acceptors (Lipinski definition) is 4. The number of nitrogens with zero attached hydrogens (tertiary/aromatic N) is 4. The molecule has 0 bridgehead atoms. The molecule has 1 aliphatic rings. The molecule has 9 aromatic rings. The second-order valence-electron chi connectivity index (χ2n) is 25.1. The van der Waals surface area contributed by atoms with Crippen LogP contribution >= 0.6 is 0 Å². The minimum absolute atomic E-state index is 0.00379. The zero-order chi connectivity index (χ0) is 52.6. The number of aromatic nitrogens is 2. The average molecular weight is 977 g/mol. The normalized spacial score (nSPS) is 13.5. The van der Waals surface area contributed by atoms with Gasteiger partial charge in [0.2, 0.25) is 0 Å². The van der Waals surface area contributed by atoms with E-state index < -0.39 is 0 Å². The molecular formula is C69H76N4O. The molecule has 378 valence electrons. The van der Waals surface area contributed by atoms with Crippen LogP contribution in [0.4, 0.5) is 22.7 Å². The first-order valence-electron chi connectivity index (χ1n) is 26.8. The van der Waals surface area contributed by atoms with Crippen molar-refractivity contribution >= 4 is 44.6 Å². The van der Waals surface area contributed by atoms with Crippen molar-refractivity contribution in [2.75, 3.05) is 16.5 Å². The van der Waals surface area contributed by atoms with Crippen LogP contribution in [0.25, 0.3) is 38.8 Å². The van der Waals surface area contributed by atoms with Crippen molar-refractivity contribution in [3.05, 3.63) is 203 Å². The zero-order valence-corrected chi connectivity index (χ0v) is 46.6. The molecule has 0 fully saturated rings. The number of pyridine rings is 1. The topological polar surface area (TPSA) is 33.5 Å². The van der Waals surface area contributed by atoms with Crippen LogP contribution in [0.2, 0.25) is 0 Å². The van der Waals surface area contributed by atoms with Crippen LogP contribution in [0.3, 0.4) is 0 Å². The van der Waals surface area contributed by atoms with Crippen molar-refractivity contribution in [2.45, 2.75) is 137 Å². The van der Waals surface area contributed by atoms with E-state index in [4.69, 9.17) is 9.72 Å². The van der Waals surface area contributed by atoms with Gasteiger partial charge >= 0.3 is 0 Å². The Kier molecular flexibility index (Phi) is 12.7.